The van der Waals surface area contributed by atoms with Crippen molar-refractivity contribution in [1.29, 1.82) is 0 Å². The number of benzene rings is 1. The predicted octanol–water partition coefficient (Wildman–Crippen LogP) is 4.15. The van der Waals surface area contributed by atoms with Crippen LogP contribution in [0.15, 0.2) is 59.1 Å². The predicted molar refractivity (Wildman–Crippen MR) is 118 cm³/mol. The standard InChI is InChI=1S/C21H20N4O2S2/c1-27-11-6-12-29(26)21-17(22)16-18(14-7-3-2-4-8-14)24-19(25-20(16)28-21)15-9-5-10-23-13-15/h2-5,7-10,13H,6,11-12,22H2,1H3/t29-/m0/s1. The van der Waals surface area contributed by atoms with Crippen LogP contribution in [-0.2, 0) is 15.9 Å². The van der Waals surface area contributed by atoms with Gasteiger partial charge < -0.3 is 15.0 Å². The highest BCUT2D eigenvalue weighted by Crippen LogP contribution is 2.42. The van der Waals surface area contributed by atoms with E-state index in [2.05, 4.69) is 4.98 Å². The lowest BCUT2D eigenvalue weighted by molar-refractivity contribution is 0.199. The Morgan fingerprint density at radius 2 is 1.90 bits per heavy atom. The molecule has 0 aliphatic carbocycles. The summed E-state index contributed by atoms with van der Waals surface area (Å²) in [6.45, 7) is 0.566. The zero-order valence-electron chi connectivity index (χ0n) is 15.9. The Morgan fingerprint density at radius 1 is 1.10 bits per heavy atom. The maximum absolute atomic E-state index is 12.8. The summed E-state index contributed by atoms with van der Waals surface area (Å²) >= 11 is 0.159. The summed E-state index contributed by atoms with van der Waals surface area (Å²) in [6.07, 6.45) is 4.15. The van der Waals surface area contributed by atoms with E-state index in [0.717, 1.165) is 27.0 Å². The molecule has 0 unspecified atom stereocenters. The molecule has 0 aliphatic rings. The number of nitrogens with zero attached hydrogens (tertiary/aromatic N) is 3. The lowest BCUT2D eigenvalue weighted by Gasteiger charge is -2.09. The molecule has 0 bridgehead atoms. The number of hydrogen-bond acceptors (Lipinski definition) is 7. The van der Waals surface area contributed by atoms with E-state index in [4.69, 9.17) is 20.4 Å². The second-order valence-electron chi connectivity index (χ2n) is 6.38. The summed E-state index contributed by atoms with van der Waals surface area (Å²) in [5, 5.41) is 0.754. The summed E-state index contributed by atoms with van der Waals surface area (Å²) < 4.78 is 18.6. The van der Waals surface area contributed by atoms with Gasteiger partial charge in [-0.3, -0.25) is 4.98 Å². The van der Waals surface area contributed by atoms with E-state index in [1.165, 1.54) is 11.3 Å². The zero-order valence-corrected chi connectivity index (χ0v) is 17.5. The molecule has 2 N–H and O–H groups in total. The third-order valence-electron chi connectivity index (χ3n) is 4.41. The van der Waals surface area contributed by atoms with Gasteiger partial charge in [-0.2, -0.15) is 0 Å². The number of thiophene rings is 1. The number of nitrogens with two attached hydrogens (primary N) is 1. The second-order valence-corrected chi connectivity index (χ2v) is 9.15. The fourth-order valence-electron chi connectivity index (χ4n) is 3.03. The Morgan fingerprint density at radius 3 is 2.62 bits per heavy atom. The van der Waals surface area contributed by atoms with Crippen molar-refractivity contribution in [2.75, 3.05) is 25.2 Å². The van der Waals surface area contributed by atoms with Crippen molar-refractivity contribution in [3.63, 3.8) is 0 Å². The SMILES string of the molecule is COCCC[S@+]([O-])c1sc2nc(-c3cccnc3)nc(-c3ccccc3)c2c1N. The van der Waals surface area contributed by atoms with E-state index in [-0.39, 0.29) is 0 Å². The van der Waals surface area contributed by atoms with Gasteiger partial charge in [0.15, 0.2) is 5.82 Å². The molecule has 1 aromatic carbocycles. The minimum Gasteiger partial charge on any atom is -0.611 e. The highest BCUT2D eigenvalue weighted by molar-refractivity contribution is 7.93. The Labute approximate surface area is 176 Å². The number of aromatic nitrogens is 3. The van der Waals surface area contributed by atoms with Gasteiger partial charge in [-0.1, -0.05) is 41.7 Å². The number of anilines is 1. The molecule has 0 aliphatic heterocycles. The Balaban J connectivity index is 1.88. The number of nitrogen functional groups attached to an aromatic ring is 1. The largest absolute Gasteiger partial charge is 0.611 e. The Hall–Kier alpha value is -2.52. The molecule has 29 heavy (non-hydrogen) atoms. The molecule has 0 saturated carbocycles. The molecule has 4 aromatic rings. The highest BCUT2D eigenvalue weighted by Gasteiger charge is 2.25. The van der Waals surface area contributed by atoms with Gasteiger partial charge in [0.1, 0.15) is 16.3 Å². The van der Waals surface area contributed by atoms with E-state index in [1.54, 1.807) is 19.5 Å². The second kappa shape index (κ2) is 8.87. The van der Waals surface area contributed by atoms with Crippen molar-refractivity contribution in [3.05, 3.63) is 54.9 Å². The number of fused-ring (bicyclic) bond motifs is 1. The summed E-state index contributed by atoms with van der Waals surface area (Å²) in [7, 11) is 1.64. The molecular weight excluding hydrogens is 404 g/mol. The lowest BCUT2D eigenvalue weighted by atomic mass is 10.1. The molecule has 8 heteroatoms. The van der Waals surface area contributed by atoms with E-state index in [0.29, 0.717) is 34.5 Å². The smallest absolute Gasteiger partial charge is 0.232 e. The van der Waals surface area contributed by atoms with Crippen molar-refractivity contribution < 1.29 is 9.29 Å². The first kappa shape index (κ1) is 19.8. The van der Waals surface area contributed by atoms with Gasteiger partial charge in [-0.05, 0) is 23.3 Å². The Bertz CT molecular complexity index is 1100. The number of hydrogen-bond donors (Lipinski definition) is 1. The number of rotatable bonds is 7. The lowest BCUT2D eigenvalue weighted by Crippen LogP contribution is -2.09. The van der Waals surface area contributed by atoms with E-state index >= 15 is 0 Å². The number of pyridine rings is 1. The van der Waals surface area contributed by atoms with Crippen molar-refractivity contribution in [1.82, 2.24) is 15.0 Å². The van der Waals surface area contributed by atoms with Gasteiger partial charge in [-0.25, -0.2) is 9.97 Å². The van der Waals surface area contributed by atoms with Crippen LogP contribution in [0, 0.1) is 0 Å². The molecule has 0 radical (unpaired) electrons. The molecule has 1 atom stereocenters. The summed E-state index contributed by atoms with van der Waals surface area (Å²) in [4.78, 5) is 14.4. The van der Waals surface area contributed by atoms with Crippen LogP contribution in [0.1, 0.15) is 6.42 Å². The average molecular weight is 425 g/mol. The molecule has 4 rings (SSSR count). The van der Waals surface area contributed by atoms with Crippen molar-refractivity contribution in [3.8, 4) is 22.6 Å². The van der Waals surface area contributed by atoms with Crippen LogP contribution in [0.4, 0.5) is 5.69 Å². The van der Waals surface area contributed by atoms with Gasteiger partial charge in [0, 0.05) is 37.1 Å². The fraction of sp³-hybridized carbons (Fsp3) is 0.190. The van der Waals surface area contributed by atoms with Crippen molar-refractivity contribution >= 4 is 38.4 Å². The maximum Gasteiger partial charge on any atom is 0.232 e. The van der Waals surface area contributed by atoms with Crippen LogP contribution in [0.25, 0.3) is 32.9 Å². The fourth-order valence-corrected chi connectivity index (χ4v) is 5.63. The third-order valence-corrected chi connectivity index (χ3v) is 7.40. The summed E-state index contributed by atoms with van der Waals surface area (Å²) in [5.74, 6) is 1.07. The molecule has 0 spiro atoms. The minimum atomic E-state index is -1.21. The maximum atomic E-state index is 12.8. The molecule has 3 aromatic heterocycles. The molecular formula is C21H20N4O2S2. The summed E-state index contributed by atoms with van der Waals surface area (Å²) in [5.41, 5.74) is 9.46. The first-order valence-corrected chi connectivity index (χ1v) is 11.3. The first-order valence-electron chi connectivity index (χ1n) is 9.12. The van der Waals surface area contributed by atoms with Crippen LogP contribution < -0.4 is 5.73 Å². The molecule has 6 nitrogen and oxygen atoms in total. The molecule has 0 saturated heterocycles. The van der Waals surface area contributed by atoms with Gasteiger partial charge in [0.25, 0.3) is 0 Å². The van der Waals surface area contributed by atoms with Crippen LogP contribution in [0.3, 0.4) is 0 Å². The van der Waals surface area contributed by atoms with Crippen LogP contribution in [0.5, 0.6) is 0 Å². The summed E-state index contributed by atoms with van der Waals surface area (Å²) in [6, 6.07) is 13.6. The Kier molecular flexibility index (Phi) is 6.05. The average Bonchev–Trinajstić information content (AvgIpc) is 3.11. The molecule has 0 fully saturated rings. The van der Waals surface area contributed by atoms with Gasteiger partial charge in [0.2, 0.25) is 4.21 Å². The molecule has 3 heterocycles. The third kappa shape index (κ3) is 4.11. The van der Waals surface area contributed by atoms with E-state index < -0.39 is 11.2 Å². The monoisotopic (exact) mass is 424 g/mol. The van der Waals surface area contributed by atoms with E-state index in [9.17, 15) is 4.55 Å². The number of methoxy groups -OCH3 is 1. The van der Waals surface area contributed by atoms with Crippen LogP contribution in [-0.4, -0.2) is 39.0 Å². The zero-order chi connectivity index (χ0) is 20.2. The topological polar surface area (TPSA) is 97.0 Å². The highest BCUT2D eigenvalue weighted by atomic mass is 32.2. The van der Waals surface area contributed by atoms with Crippen molar-refractivity contribution in [2.45, 2.75) is 10.6 Å². The quantitative estimate of drug-likeness (QED) is 0.354. The van der Waals surface area contributed by atoms with Gasteiger partial charge in [-0.15, -0.1) is 0 Å². The van der Waals surface area contributed by atoms with Gasteiger partial charge in [0.05, 0.1) is 17.7 Å². The van der Waals surface area contributed by atoms with E-state index in [1.807, 2.05) is 42.5 Å². The van der Waals surface area contributed by atoms with Crippen LogP contribution >= 0.6 is 11.3 Å². The van der Waals surface area contributed by atoms with Crippen molar-refractivity contribution in [2.24, 2.45) is 0 Å². The first-order chi connectivity index (χ1) is 14.2. The molecule has 0 amide bonds. The number of ether oxygens (including phenoxy) is 1. The normalized spacial score (nSPS) is 12.3. The van der Waals surface area contributed by atoms with Gasteiger partial charge >= 0.3 is 0 Å². The van der Waals surface area contributed by atoms with Crippen LogP contribution in [0.2, 0.25) is 0 Å². The minimum absolute atomic E-state index is 0.494. The molecule has 148 valence electrons.